The fourth-order valence-corrected chi connectivity index (χ4v) is 3.89. The highest BCUT2D eigenvalue weighted by Crippen LogP contribution is 2.42. The van der Waals surface area contributed by atoms with E-state index >= 15 is 0 Å². The summed E-state index contributed by atoms with van der Waals surface area (Å²) in [6, 6.07) is 14.3. The lowest BCUT2D eigenvalue weighted by Gasteiger charge is -2.47. The largest absolute Gasteiger partial charge is 0.311 e. The Bertz CT molecular complexity index is 591. The molecule has 3 fully saturated rings. The van der Waals surface area contributed by atoms with Gasteiger partial charge in [0.25, 0.3) is 0 Å². The Morgan fingerprint density at radius 1 is 0.889 bits per heavy atom. The van der Waals surface area contributed by atoms with Crippen molar-refractivity contribution in [1.82, 2.24) is 5.32 Å². The van der Waals surface area contributed by atoms with Crippen molar-refractivity contribution in [2.45, 2.75) is 37.3 Å². The van der Waals surface area contributed by atoms with Gasteiger partial charge in [-0.2, -0.15) is 0 Å². The molecular weight excluding hydrogens is 242 g/mol. The maximum atomic E-state index is 6.29. The van der Waals surface area contributed by atoms with Gasteiger partial charge in [-0.15, -0.1) is 0 Å². The van der Waals surface area contributed by atoms with Crippen LogP contribution in [0.1, 0.15) is 30.7 Å². The molecule has 2 heteroatoms. The summed E-state index contributed by atoms with van der Waals surface area (Å²) in [7, 11) is 0. The summed E-state index contributed by atoms with van der Waals surface area (Å²) in [6.07, 6.45) is 3.94. The van der Waals surface area contributed by atoms with E-state index in [1.54, 1.807) is 0 Å². The molecule has 0 amide bonds. The van der Waals surface area contributed by atoms with E-state index in [4.69, 9.17) is 11.6 Å². The Morgan fingerprint density at radius 3 is 2.28 bits per heavy atom. The van der Waals surface area contributed by atoms with Crippen LogP contribution in [0.15, 0.2) is 36.4 Å². The normalized spacial score (nSPS) is 30.2. The number of halogens is 1. The van der Waals surface area contributed by atoms with E-state index in [0.717, 1.165) is 17.1 Å². The highest BCUT2D eigenvalue weighted by molar-refractivity contribution is 6.35. The Labute approximate surface area is 112 Å². The van der Waals surface area contributed by atoms with Gasteiger partial charge in [0.2, 0.25) is 0 Å². The van der Waals surface area contributed by atoms with Crippen LogP contribution in [0.2, 0.25) is 5.02 Å². The standard InChI is InChI=1S/C16H16ClN/c17-16-6-5-13(14-3-1-2-4-15(14)16)10-7-11-9-12(8-10)18-11/h1-6,10-12,18H,7-9H2. The van der Waals surface area contributed by atoms with Gasteiger partial charge < -0.3 is 5.32 Å². The van der Waals surface area contributed by atoms with Crippen LogP contribution in [0.5, 0.6) is 0 Å². The van der Waals surface area contributed by atoms with Crippen molar-refractivity contribution in [2.75, 3.05) is 0 Å². The second kappa shape index (κ2) is 3.97. The summed E-state index contributed by atoms with van der Waals surface area (Å²) in [5.41, 5.74) is 1.49. The monoisotopic (exact) mass is 257 g/mol. The number of rotatable bonds is 1. The maximum Gasteiger partial charge on any atom is 0.0484 e. The van der Waals surface area contributed by atoms with Gasteiger partial charge in [0.1, 0.15) is 0 Å². The predicted octanol–water partition coefficient (Wildman–Crippen LogP) is 4.10. The molecule has 2 saturated heterocycles. The molecule has 2 unspecified atom stereocenters. The first-order valence-electron chi connectivity index (χ1n) is 6.74. The van der Waals surface area contributed by atoms with E-state index in [2.05, 4.69) is 41.7 Å². The van der Waals surface area contributed by atoms with E-state index in [1.165, 1.54) is 35.6 Å². The van der Waals surface area contributed by atoms with E-state index in [-0.39, 0.29) is 0 Å². The molecule has 1 nitrogen and oxygen atoms in total. The van der Waals surface area contributed by atoms with Crippen LogP contribution in [-0.4, -0.2) is 12.1 Å². The van der Waals surface area contributed by atoms with Crippen LogP contribution in [0.3, 0.4) is 0 Å². The Hall–Kier alpha value is -1.05. The molecule has 5 rings (SSSR count). The van der Waals surface area contributed by atoms with Crippen molar-refractivity contribution < 1.29 is 0 Å². The molecular formula is C16H16ClN. The van der Waals surface area contributed by atoms with Gasteiger partial charge in [-0.1, -0.05) is 41.9 Å². The fourth-order valence-electron chi connectivity index (χ4n) is 3.66. The quantitative estimate of drug-likeness (QED) is 0.811. The predicted molar refractivity (Wildman–Crippen MR) is 76.3 cm³/mol. The van der Waals surface area contributed by atoms with E-state index in [1.807, 2.05) is 0 Å². The SMILES string of the molecule is Clc1ccc(C2CC3CC(C2)N3)c2ccccc12. The number of piperidine rings is 1. The summed E-state index contributed by atoms with van der Waals surface area (Å²) in [4.78, 5) is 0. The van der Waals surface area contributed by atoms with Crippen molar-refractivity contribution >= 4 is 22.4 Å². The van der Waals surface area contributed by atoms with Gasteiger partial charge in [-0.3, -0.25) is 0 Å². The molecule has 2 bridgehead atoms. The van der Waals surface area contributed by atoms with Crippen LogP contribution in [-0.2, 0) is 0 Å². The van der Waals surface area contributed by atoms with Crippen molar-refractivity contribution in [3.8, 4) is 0 Å². The van der Waals surface area contributed by atoms with E-state index in [0.29, 0.717) is 5.92 Å². The lowest BCUT2D eigenvalue weighted by Crippen LogP contribution is -2.57. The van der Waals surface area contributed by atoms with Gasteiger partial charge in [0, 0.05) is 22.5 Å². The molecule has 2 aromatic rings. The summed E-state index contributed by atoms with van der Waals surface area (Å²) >= 11 is 6.29. The molecule has 0 spiro atoms. The summed E-state index contributed by atoms with van der Waals surface area (Å²) in [5, 5.41) is 7.02. The lowest BCUT2D eigenvalue weighted by atomic mass is 9.72. The van der Waals surface area contributed by atoms with Crippen molar-refractivity contribution in [3.63, 3.8) is 0 Å². The van der Waals surface area contributed by atoms with E-state index < -0.39 is 0 Å². The zero-order valence-electron chi connectivity index (χ0n) is 10.2. The van der Waals surface area contributed by atoms with E-state index in [9.17, 15) is 0 Å². The van der Waals surface area contributed by atoms with Crippen LogP contribution in [0.4, 0.5) is 0 Å². The minimum atomic E-state index is 0.706. The van der Waals surface area contributed by atoms with Gasteiger partial charge in [-0.25, -0.2) is 0 Å². The first-order valence-corrected chi connectivity index (χ1v) is 7.12. The zero-order chi connectivity index (χ0) is 12.1. The third-order valence-electron chi connectivity index (χ3n) is 4.52. The first kappa shape index (κ1) is 10.8. The molecule has 3 aliphatic rings. The molecule has 0 aromatic heterocycles. The second-order valence-electron chi connectivity index (χ2n) is 5.65. The number of benzene rings is 2. The molecule has 2 aromatic carbocycles. The highest BCUT2D eigenvalue weighted by Gasteiger charge is 2.38. The first-order chi connectivity index (χ1) is 8.81. The summed E-state index contributed by atoms with van der Waals surface area (Å²) < 4.78 is 0. The molecule has 2 atom stereocenters. The molecule has 0 radical (unpaired) electrons. The fraction of sp³-hybridized carbons (Fsp3) is 0.375. The average molecular weight is 258 g/mol. The molecule has 2 aliphatic heterocycles. The third-order valence-corrected chi connectivity index (χ3v) is 4.85. The molecule has 92 valence electrons. The molecule has 1 saturated carbocycles. The van der Waals surface area contributed by atoms with Crippen molar-refractivity contribution in [2.24, 2.45) is 0 Å². The highest BCUT2D eigenvalue weighted by atomic mass is 35.5. The smallest absolute Gasteiger partial charge is 0.0484 e. The topological polar surface area (TPSA) is 12.0 Å². The zero-order valence-corrected chi connectivity index (χ0v) is 11.0. The lowest BCUT2D eigenvalue weighted by molar-refractivity contribution is 0.162. The molecule has 18 heavy (non-hydrogen) atoms. The van der Waals surface area contributed by atoms with Gasteiger partial charge in [0.05, 0.1) is 0 Å². The van der Waals surface area contributed by atoms with Crippen LogP contribution >= 0.6 is 11.6 Å². The van der Waals surface area contributed by atoms with Gasteiger partial charge in [-0.05, 0) is 42.2 Å². The van der Waals surface area contributed by atoms with Crippen LogP contribution < -0.4 is 5.32 Å². The Balaban J connectivity index is 1.82. The van der Waals surface area contributed by atoms with Crippen molar-refractivity contribution in [3.05, 3.63) is 47.0 Å². The van der Waals surface area contributed by atoms with Crippen LogP contribution in [0.25, 0.3) is 10.8 Å². The molecule has 1 aliphatic carbocycles. The van der Waals surface area contributed by atoms with Gasteiger partial charge in [0.15, 0.2) is 0 Å². The number of fused-ring (bicyclic) bond motifs is 3. The number of nitrogens with one attached hydrogen (secondary N) is 1. The molecule has 1 N–H and O–H groups in total. The minimum Gasteiger partial charge on any atom is -0.311 e. The maximum absolute atomic E-state index is 6.29. The second-order valence-corrected chi connectivity index (χ2v) is 6.05. The minimum absolute atomic E-state index is 0.706. The summed E-state index contributed by atoms with van der Waals surface area (Å²) in [5.74, 6) is 0.706. The third kappa shape index (κ3) is 1.58. The summed E-state index contributed by atoms with van der Waals surface area (Å²) in [6.45, 7) is 0. The number of hydrogen-bond acceptors (Lipinski definition) is 1. The van der Waals surface area contributed by atoms with Crippen LogP contribution in [0, 0.1) is 0 Å². The molecule has 2 heterocycles. The Kier molecular flexibility index (Phi) is 2.39. The number of hydrogen-bond donors (Lipinski definition) is 1. The average Bonchev–Trinajstić information content (AvgIpc) is 2.39. The van der Waals surface area contributed by atoms with Gasteiger partial charge >= 0.3 is 0 Å². The van der Waals surface area contributed by atoms with Crippen molar-refractivity contribution in [1.29, 1.82) is 0 Å². The Morgan fingerprint density at radius 2 is 1.56 bits per heavy atom.